The number of benzene rings is 1. The summed E-state index contributed by atoms with van der Waals surface area (Å²) >= 11 is 0. The van der Waals surface area contributed by atoms with E-state index in [0.717, 1.165) is 6.42 Å². The van der Waals surface area contributed by atoms with Gasteiger partial charge in [0.1, 0.15) is 0 Å². The fraction of sp³-hybridized carbons (Fsp3) is 0.556. The molecule has 1 heterocycles. The first-order valence-corrected chi connectivity index (χ1v) is 10.4. The zero-order chi connectivity index (χ0) is 18.8. The van der Waals surface area contributed by atoms with Crippen molar-refractivity contribution in [3.8, 4) is 0 Å². The Labute approximate surface area is 153 Å². The molecule has 8 heteroatoms. The lowest BCUT2D eigenvalue weighted by atomic mass is 9.74. The van der Waals surface area contributed by atoms with Crippen LogP contribution in [0, 0.1) is 5.92 Å². The monoisotopic (exact) mass is 380 g/mol. The third-order valence-corrected chi connectivity index (χ3v) is 7.20. The summed E-state index contributed by atoms with van der Waals surface area (Å²) < 4.78 is 26.9. The minimum Gasteiger partial charge on any atom is -0.481 e. The quantitative estimate of drug-likeness (QED) is 0.780. The number of nitrogens with zero attached hydrogens (tertiary/aromatic N) is 1. The lowest BCUT2D eigenvalue weighted by Gasteiger charge is -2.43. The van der Waals surface area contributed by atoms with Gasteiger partial charge in [-0.3, -0.25) is 9.59 Å². The number of nitrogens with one attached hydrogen (secondary N) is 1. The van der Waals surface area contributed by atoms with Crippen molar-refractivity contribution in [1.29, 1.82) is 0 Å². The van der Waals surface area contributed by atoms with Gasteiger partial charge in [-0.25, -0.2) is 8.42 Å². The van der Waals surface area contributed by atoms with Gasteiger partial charge in [0.25, 0.3) is 0 Å². The number of carbonyl (C=O) groups excluding carboxylic acids is 1. The Balaban J connectivity index is 1.68. The number of carboxylic acid groups (broad SMARTS) is 1. The molecule has 0 bridgehead atoms. The zero-order valence-corrected chi connectivity index (χ0v) is 15.4. The van der Waals surface area contributed by atoms with E-state index in [1.54, 1.807) is 30.3 Å². The SMILES string of the molecule is O=C(O)CC1(NC(=O)C2CCCN(S(=O)(=O)c3ccccc3)C2)CCC1. The van der Waals surface area contributed by atoms with E-state index in [-0.39, 0.29) is 23.8 Å². The molecule has 1 saturated carbocycles. The number of hydrogen-bond donors (Lipinski definition) is 2. The highest BCUT2D eigenvalue weighted by molar-refractivity contribution is 7.89. The number of aliphatic carboxylic acids is 1. The molecule has 0 spiro atoms. The molecule has 1 aliphatic heterocycles. The first-order chi connectivity index (χ1) is 12.3. The van der Waals surface area contributed by atoms with Crippen molar-refractivity contribution in [2.75, 3.05) is 13.1 Å². The van der Waals surface area contributed by atoms with E-state index < -0.39 is 27.4 Å². The predicted molar refractivity (Wildman–Crippen MR) is 94.9 cm³/mol. The van der Waals surface area contributed by atoms with Crippen LogP contribution in [0.3, 0.4) is 0 Å². The molecule has 0 radical (unpaired) electrons. The van der Waals surface area contributed by atoms with Crippen molar-refractivity contribution in [1.82, 2.24) is 9.62 Å². The highest BCUT2D eigenvalue weighted by Gasteiger charge is 2.42. The molecule has 1 aliphatic carbocycles. The normalized spacial score (nSPS) is 23.0. The molecular formula is C18H24N2O5S. The zero-order valence-electron chi connectivity index (χ0n) is 14.6. The van der Waals surface area contributed by atoms with E-state index in [9.17, 15) is 18.0 Å². The lowest BCUT2D eigenvalue weighted by molar-refractivity contribution is -0.141. The molecule has 1 aromatic carbocycles. The average Bonchev–Trinajstić information content (AvgIpc) is 2.60. The summed E-state index contributed by atoms with van der Waals surface area (Å²) in [5.74, 6) is -1.62. The molecule has 3 rings (SSSR count). The van der Waals surface area contributed by atoms with E-state index >= 15 is 0 Å². The van der Waals surface area contributed by atoms with E-state index in [0.29, 0.717) is 32.2 Å². The van der Waals surface area contributed by atoms with Crippen LogP contribution in [-0.4, -0.2) is 48.3 Å². The maximum Gasteiger partial charge on any atom is 0.305 e. The van der Waals surface area contributed by atoms with Crippen molar-refractivity contribution in [2.24, 2.45) is 5.92 Å². The molecule has 26 heavy (non-hydrogen) atoms. The van der Waals surface area contributed by atoms with Crippen LogP contribution < -0.4 is 5.32 Å². The number of sulfonamides is 1. The molecule has 2 N–H and O–H groups in total. The average molecular weight is 380 g/mol. The van der Waals surface area contributed by atoms with Crippen molar-refractivity contribution >= 4 is 21.9 Å². The van der Waals surface area contributed by atoms with Crippen molar-refractivity contribution in [3.63, 3.8) is 0 Å². The molecule has 1 saturated heterocycles. The Morgan fingerprint density at radius 3 is 2.46 bits per heavy atom. The second kappa shape index (κ2) is 7.36. The van der Waals surface area contributed by atoms with Crippen molar-refractivity contribution in [3.05, 3.63) is 30.3 Å². The van der Waals surface area contributed by atoms with Crippen LogP contribution in [0.25, 0.3) is 0 Å². The number of hydrogen-bond acceptors (Lipinski definition) is 4. The molecule has 142 valence electrons. The lowest BCUT2D eigenvalue weighted by Crippen LogP contribution is -2.57. The first-order valence-electron chi connectivity index (χ1n) is 8.91. The standard InChI is InChI=1S/C18H24N2O5S/c21-16(22)12-18(9-5-10-18)19-17(23)14-6-4-11-20(13-14)26(24,25)15-7-2-1-3-8-15/h1-3,7-8,14H,4-6,9-13H2,(H,19,23)(H,21,22). The third-order valence-electron chi connectivity index (χ3n) is 5.32. The molecule has 1 aromatic rings. The van der Waals surface area contributed by atoms with Crippen LogP contribution >= 0.6 is 0 Å². The molecule has 1 amide bonds. The molecule has 1 atom stereocenters. The van der Waals surface area contributed by atoms with Gasteiger partial charge in [-0.05, 0) is 44.2 Å². The van der Waals surface area contributed by atoms with Gasteiger partial charge in [0.15, 0.2) is 0 Å². The van der Waals surface area contributed by atoms with Crippen LogP contribution in [0.5, 0.6) is 0 Å². The highest BCUT2D eigenvalue weighted by atomic mass is 32.2. The van der Waals surface area contributed by atoms with Crippen LogP contribution in [-0.2, 0) is 19.6 Å². The Morgan fingerprint density at radius 1 is 1.19 bits per heavy atom. The van der Waals surface area contributed by atoms with E-state index in [1.807, 2.05) is 0 Å². The molecule has 2 aliphatic rings. The van der Waals surface area contributed by atoms with Crippen LogP contribution in [0.15, 0.2) is 35.2 Å². The van der Waals surface area contributed by atoms with Crippen LogP contribution in [0.1, 0.15) is 38.5 Å². The van der Waals surface area contributed by atoms with Crippen LogP contribution in [0.2, 0.25) is 0 Å². The maximum absolute atomic E-state index is 12.8. The summed E-state index contributed by atoms with van der Waals surface area (Å²) in [6.45, 7) is 0.521. The summed E-state index contributed by atoms with van der Waals surface area (Å²) in [6, 6.07) is 8.21. The molecule has 2 fully saturated rings. The van der Waals surface area contributed by atoms with Gasteiger partial charge < -0.3 is 10.4 Å². The molecule has 0 aromatic heterocycles. The Morgan fingerprint density at radius 2 is 1.88 bits per heavy atom. The third kappa shape index (κ3) is 3.91. The first kappa shape index (κ1) is 18.8. The fourth-order valence-corrected chi connectivity index (χ4v) is 5.26. The summed E-state index contributed by atoms with van der Waals surface area (Å²) in [5, 5.41) is 12.0. The van der Waals surface area contributed by atoms with Gasteiger partial charge in [0.2, 0.25) is 15.9 Å². The van der Waals surface area contributed by atoms with Gasteiger partial charge in [-0.15, -0.1) is 0 Å². The second-order valence-corrected chi connectivity index (χ2v) is 9.15. The van der Waals surface area contributed by atoms with Crippen molar-refractivity contribution < 1.29 is 23.1 Å². The summed E-state index contributed by atoms with van der Waals surface area (Å²) in [5.41, 5.74) is -0.663. The summed E-state index contributed by atoms with van der Waals surface area (Å²) in [6.07, 6.45) is 3.34. The summed E-state index contributed by atoms with van der Waals surface area (Å²) in [4.78, 5) is 24.0. The predicted octanol–water partition coefficient (Wildman–Crippen LogP) is 1.60. The number of amides is 1. The topological polar surface area (TPSA) is 104 Å². The summed E-state index contributed by atoms with van der Waals surface area (Å²) in [7, 11) is -3.62. The maximum atomic E-state index is 12.8. The molecular weight excluding hydrogens is 356 g/mol. The van der Waals surface area contributed by atoms with E-state index in [1.165, 1.54) is 4.31 Å². The van der Waals surface area contributed by atoms with Gasteiger partial charge in [0.05, 0.1) is 22.8 Å². The van der Waals surface area contributed by atoms with E-state index in [4.69, 9.17) is 5.11 Å². The van der Waals surface area contributed by atoms with Gasteiger partial charge >= 0.3 is 5.97 Å². The number of rotatable bonds is 6. The highest BCUT2D eigenvalue weighted by Crippen LogP contribution is 2.35. The minimum absolute atomic E-state index is 0.0858. The van der Waals surface area contributed by atoms with Crippen LogP contribution in [0.4, 0.5) is 0 Å². The smallest absolute Gasteiger partial charge is 0.305 e. The number of carbonyl (C=O) groups is 2. The Bertz CT molecular complexity index is 774. The van der Waals surface area contributed by atoms with Gasteiger partial charge in [0, 0.05) is 13.1 Å². The minimum atomic E-state index is -3.62. The second-order valence-electron chi connectivity index (χ2n) is 7.21. The molecule has 7 nitrogen and oxygen atoms in total. The largest absolute Gasteiger partial charge is 0.481 e. The number of piperidine rings is 1. The number of carboxylic acids is 1. The van der Waals surface area contributed by atoms with Gasteiger partial charge in [-0.2, -0.15) is 4.31 Å². The Kier molecular flexibility index (Phi) is 5.34. The molecule has 1 unspecified atom stereocenters. The van der Waals surface area contributed by atoms with Gasteiger partial charge in [-0.1, -0.05) is 18.2 Å². The van der Waals surface area contributed by atoms with E-state index in [2.05, 4.69) is 5.32 Å². The Hall–Kier alpha value is -1.93. The fourth-order valence-electron chi connectivity index (χ4n) is 3.72. The van der Waals surface area contributed by atoms with Crippen molar-refractivity contribution in [2.45, 2.75) is 49.0 Å².